The Kier molecular flexibility index (Phi) is 5.33. The lowest BCUT2D eigenvalue weighted by Crippen LogP contribution is -2.35. The molecule has 0 atom stereocenters. The minimum Gasteiger partial charge on any atom is -0.356 e. The molecule has 1 aliphatic rings. The lowest BCUT2D eigenvalue weighted by atomic mass is 9.90. The molecule has 1 fully saturated rings. The number of nitrogens with one attached hydrogen (secondary N) is 1. The zero-order valence-electron chi connectivity index (χ0n) is 15.8. The van der Waals surface area contributed by atoms with Crippen molar-refractivity contribution in [1.82, 2.24) is 9.97 Å². The average molecular weight is 358 g/mol. The number of hydrogen-bond acceptors (Lipinski definition) is 4. The van der Waals surface area contributed by atoms with Crippen LogP contribution < -0.4 is 10.2 Å². The van der Waals surface area contributed by atoms with Gasteiger partial charge in [0.15, 0.2) is 0 Å². The maximum atomic E-state index is 4.73. The van der Waals surface area contributed by atoms with Crippen LogP contribution in [0.5, 0.6) is 0 Å². The Labute approximate surface area is 161 Å². The second-order valence-electron chi connectivity index (χ2n) is 7.35. The van der Waals surface area contributed by atoms with Crippen LogP contribution >= 0.6 is 0 Å². The minimum atomic E-state index is 0.655. The van der Waals surface area contributed by atoms with Crippen molar-refractivity contribution in [3.05, 3.63) is 78.0 Å². The molecule has 1 saturated heterocycles. The number of nitrogens with zero attached hydrogens (tertiary/aromatic N) is 3. The normalized spacial score (nSPS) is 14.9. The van der Waals surface area contributed by atoms with Gasteiger partial charge in [0, 0.05) is 25.0 Å². The van der Waals surface area contributed by atoms with E-state index in [4.69, 9.17) is 4.98 Å². The van der Waals surface area contributed by atoms with Crippen molar-refractivity contribution in [3.63, 3.8) is 0 Å². The topological polar surface area (TPSA) is 41.1 Å². The van der Waals surface area contributed by atoms with E-state index in [-0.39, 0.29) is 0 Å². The van der Waals surface area contributed by atoms with Crippen LogP contribution in [-0.2, 0) is 6.42 Å². The van der Waals surface area contributed by atoms with Gasteiger partial charge in [-0.05, 0) is 55.9 Å². The first-order valence-electron chi connectivity index (χ1n) is 9.72. The SMILES string of the molecule is Cc1ccc(Nc2nccc(N3CCC(Cc4ccccc4)CC3)n2)cc1. The first kappa shape index (κ1) is 17.5. The van der Waals surface area contributed by atoms with Crippen LogP contribution in [0.25, 0.3) is 0 Å². The Morgan fingerprint density at radius 2 is 1.70 bits per heavy atom. The smallest absolute Gasteiger partial charge is 0.229 e. The highest BCUT2D eigenvalue weighted by molar-refractivity contribution is 5.55. The molecule has 1 N–H and O–H groups in total. The van der Waals surface area contributed by atoms with Crippen LogP contribution in [0.1, 0.15) is 24.0 Å². The molecule has 138 valence electrons. The maximum Gasteiger partial charge on any atom is 0.229 e. The molecule has 1 aromatic heterocycles. The fourth-order valence-electron chi connectivity index (χ4n) is 3.67. The monoisotopic (exact) mass is 358 g/mol. The Morgan fingerprint density at radius 3 is 2.44 bits per heavy atom. The first-order chi connectivity index (χ1) is 13.3. The Bertz CT molecular complexity index is 853. The molecule has 3 aromatic rings. The van der Waals surface area contributed by atoms with Gasteiger partial charge in [0.1, 0.15) is 5.82 Å². The quantitative estimate of drug-likeness (QED) is 0.698. The molecule has 1 aliphatic heterocycles. The van der Waals surface area contributed by atoms with Gasteiger partial charge < -0.3 is 10.2 Å². The van der Waals surface area contributed by atoms with E-state index < -0.39 is 0 Å². The van der Waals surface area contributed by atoms with Crippen LogP contribution in [-0.4, -0.2) is 23.1 Å². The van der Waals surface area contributed by atoms with Gasteiger partial charge in [0.25, 0.3) is 0 Å². The summed E-state index contributed by atoms with van der Waals surface area (Å²) in [6.07, 6.45) is 5.44. The lowest BCUT2D eigenvalue weighted by molar-refractivity contribution is 0.402. The predicted molar refractivity (Wildman–Crippen MR) is 112 cm³/mol. The van der Waals surface area contributed by atoms with E-state index in [9.17, 15) is 0 Å². The van der Waals surface area contributed by atoms with Crippen LogP contribution in [0.4, 0.5) is 17.5 Å². The standard InChI is InChI=1S/C23H26N4/c1-18-7-9-21(10-8-18)25-23-24-14-11-22(26-23)27-15-12-20(13-16-27)17-19-5-3-2-4-6-19/h2-11,14,20H,12-13,15-17H2,1H3,(H,24,25,26). The molecule has 0 saturated carbocycles. The number of rotatable bonds is 5. The average Bonchev–Trinajstić information content (AvgIpc) is 2.71. The third-order valence-electron chi connectivity index (χ3n) is 5.25. The van der Waals surface area contributed by atoms with Gasteiger partial charge in [-0.15, -0.1) is 0 Å². The summed E-state index contributed by atoms with van der Waals surface area (Å²) in [4.78, 5) is 11.5. The molecule has 0 amide bonds. The molecule has 0 bridgehead atoms. The number of anilines is 3. The summed E-state index contributed by atoms with van der Waals surface area (Å²) in [6, 6.07) is 21.1. The van der Waals surface area contributed by atoms with Gasteiger partial charge in [-0.3, -0.25) is 0 Å². The number of aryl methyl sites for hydroxylation is 1. The number of piperidine rings is 1. The molecule has 2 aromatic carbocycles. The van der Waals surface area contributed by atoms with Crippen molar-refractivity contribution in [1.29, 1.82) is 0 Å². The van der Waals surface area contributed by atoms with Crippen molar-refractivity contribution in [3.8, 4) is 0 Å². The van der Waals surface area contributed by atoms with Crippen molar-refractivity contribution in [2.24, 2.45) is 5.92 Å². The summed E-state index contributed by atoms with van der Waals surface area (Å²) in [7, 11) is 0. The van der Waals surface area contributed by atoms with Gasteiger partial charge in [-0.25, -0.2) is 4.98 Å². The zero-order valence-corrected chi connectivity index (χ0v) is 15.8. The summed E-state index contributed by atoms with van der Waals surface area (Å²) < 4.78 is 0. The van der Waals surface area contributed by atoms with E-state index in [1.54, 1.807) is 0 Å². The molecule has 0 unspecified atom stereocenters. The predicted octanol–water partition coefficient (Wildman–Crippen LogP) is 4.99. The van der Waals surface area contributed by atoms with Gasteiger partial charge in [0.05, 0.1) is 0 Å². The van der Waals surface area contributed by atoms with E-state index in [1.165, 1.54) is 30.4 Å². The Hall–Kier alpha value is -2.88. The maximum absolute atomic E-state index is 4.73. The number of aromatic nitrogens is 2. The summed E-state index contributed by atoms with van der Waals surface area (Å²) in [5.74, 6) is 2.43. The highest BCUT2D eigenvalue weighted by Gasteiger charge is 2.20. The van der Waals surface area contributed by atoms with E-state index in [1.807, 2.05) is 12.3 Å². The van der Waals surface area contributed by atoms with E-state index >= 15 is 0 Å². The molecule has 0 spiro atoms. The number of hydrogen-bond donors (Lipinski definition) is 1. The van der Waals surface area contributed by atoms with Gasteiger partial charge in [0.2, 0.25) is 5.95 Å². The van der Waals surface area contributed by atoms with Crippen molar-refractivity contribution >= 4 is 17.5 Å². The third-order valence-corrected chi connectivity index (χ3v) is 5.25. The second-order valence-corrected chi connectivity index (χ2v) is 7.35. The van der Waals surface area contributed by atoms with Crippen LogP contribution in [0.3, 0.4) is 0 Å². The van der Waals surface area contributed by atoms with Crippen LogP contribution in [0.2, 0.25) is 0 Å². The van der Waals surface area contributed by atoms with Crippen molar-refractivity contribution in [2.45, 2.75) is 26.2 Å². The van der Waals surface area contributed by atoms with Gasteiger partial charge >= 0.3 is 0 Å². The van der Waals surface area contributed by atoms with E-state index in [0.717, 1.165) is 30.5 Å². The molecule has 27 heavy (non-hydrogen) atoms. The fourth-order valence-corrected chi connectivity index (χ4v) is 3.67. The molecule has 0 aliphatic carbocycles. The molecular weight excluding hydrogens is 332 g/mol. The summed E-state index contributed by atoms with van der Waals surface area (Å²) >= 11 is 0. The van der Waals surface area contributed by atoms with E-state index in [2.05, 4.69) is 76.7 Å². The van der Waals surface area contributed by atoms with E-state index in [0.29, 0.717) is 5.95 Å². The lowest BCUT2D eigenvalue weighted by Gasteiger charge is -2.33. The summed E-state index contributed by atoms with van der Waals surface area (Å²) in [6.45, 7) is 4.19. The fraction of sp³-hybridized carbons (Fsp3) is 0.304. The third kappa shape index (κ3) is 4.64. The van der Waals surface area contributed by atoms with Crippen LogP contribution in [0, 0.1) is 12.8 Å². The van der Waals surface area contributed by atoms with Crippen molar-refractivity contribution in [2.75, 3.05) is 23.3 Å². The molecule has 4 rings (SSSR count). The van der Waals surface area contributed by atoms with Crippen molar-refractivity contribution < 1.29 is 0 Å². The molecule has 4 nitrogen and oxygen atoms in total. The first-order valence-corrected chi connectivity index (χ1v) is 9.72. The van der Waals surface area contributed by atoms with Gasteiger partial charge in [-0.1, -0.05) is 48.0 Å². The van der Waals surface area contributed by atoms with Gasteiger partial charge in [-0.2, -0.15) is 4.98 Å². The number of benzene rings is 2. The Balaban J connectivity index is 1.36. The molecule has 0 radical (unpaired) electrons. The summed E-state index contributed by atoms with van der Waals surface area (Å²) in [5, 5.41) is 3.30. The molecule has 2 heterocycles. The highest BCUT2D eigenvalue weighted by Crippen LogP contribution is 2.25. The summed E-state index contributed by atoms with van der Waals surface area (Å²) in [5.41, 5.74) is 3.70. The Morgan fingerprint density at radius 1 is 0.963 bits per heavy atom. The second kappa shape index (κ2) is 8.21. The minimum absolute atomic E-state index is 0.655. The molecular formula is C23H26N4. The van der Waals surface area contributed by atoms with Crippen LogP contribution in [0.15, 0.2) is 66.9 Å². The highest BCUT2D eigenvalue weighted by atomic mass is 15.2. The largest absolute Gasteiger partial charge is 0.356 e. The molecule has 4 heteroatoms. The zero-order chi connectivity index (χ0) is 18.5.